The molecule has 1 fully saturated rings. The Morgan fingerprint density at radius 3 is 3.33 bits per heavy atom. The maximum absolute atomic E-state index is 3.46. The summed E-state index contributed by atoms with van der Waals surface area (Å²) in [5.74, 6) is 0. The minimum atomic E-state index is 0.687. The first-order chi connectivity index (χ1) is 5.95. The van der Waals surface area contributed by atoms with Crippen molar-refractivity contribution in [1.82, 2.24) is 5.32 Å². The fourth-order valence-electron chi connectivity index (χ4n) is 1.53. The van der Waals surface area contributed by atoms with Crippen molar-refractivity contribution in [2.24, 2.45) is 0 Å². The Kier molecular flexibility index (Phi) is 2.64. The quantitative estimate of drug-likeness (QED) is 0.746. The largest absolute Gasteiger partial charge is 0.375 e. The van der Waals surface area contributed by atoms with Crippen LogP contribution in [0.15, 0.2) is 17.5 Å². The van der Waals surface area contributed by atoms with Crippen molar-refractivity contribution in [2.45, 2.75) is 18.9 Å². The highest BCUT2D eigenvalue weighted by atomic mass is 32.1. The summed E-state index contributed by atoms with van der Waals surface area (Å²) in [5, 5.41) is 10.3. The average Bonchev–Trinajstić information content (AvgIpc) is 2.74. The minimum absolute atomic E-state index is 0.687. The first-order valence-corrected chi connectivity index (χ1v) is 5.34. The van der Waals surface area contributed by atoms with Gasteiger partial charge >= 0.3 is 0 Å². The van der Waals surface area contributed by atoms with Gasteiger partial charge in [0.1, 0.15) is 0 Å². The van der Waals surface area contributed by atoms with Crippen molar-refractivity contribution in [1.29, 1.82) is 0 Å². The molecule has 1 atom stereocenters. The van der Waals surface area contributed by atoms with E-state index in [0.29, 0.717) is 6.04 Å². The van der Waals surface area contributed by atoms with Crippen LogP contribution in [0.5, 0.6) is 0 Å². The van der Waals surface area contributed by atoms with Gasteiger partial charge in [-0.1, -0.05) is 0 Å². The maximum Gasteiger partial charge on any atom is 0.0882 e. The lowest BCUT2D eigenvalue weighted by Crippen LogP contribution is -2.29. The lowest BCUT2D eigenvalue weighted by Gasteiger charge is -2.10. The van der Waals surface area contributed by atoms with Gasteiger partial charge in [0.25, 0.3) is 0 Å². The first-order valence-electron chi connectivity index (χ1n) is 4.46. The van der Waals surface area contributed by atoms with Gasteiger partial charge < -0.3 is 10.6 Å². The smallest absolute Gasteiger partial charge is 0.0882 e. The summed E-state index contributed by atoms with van der Waals surface area (Å²) in [7, 11) is 0. The molecule has 0 amide bonds. The van der Waals surface area contributed by atoms with Crippen LogP contribution in [0.3, 0.4) is 0 Å². The first kappa shape index (κ1) is 8.08. The van der Waals surface area contributed by atoms with E-state index in [-0.39, 0.29) is 0 Å². The van der Waals surface area contributed by atoms with Crippen molar-refractivity contribution in [3.8, 4) is 0 Å². The Bertz CT molecular complexity index is 214. The van der Waals surface area contributed by atoms with E-state index >= 15 is 0 Å². The molecule has 2 N–H and O–H groups in total. The third kappa shape index (κ3) is 1.99. The highest BCUT2D eigenvalue weighted by Gasteiger charge is 2.12. The highest BCUT2D eigenvalue weighted by molar-refractivity contribution is 7.14. The molecule has 12 heavy (non-hydrogen) atoms. The molecule has 1 unspecified atom stereocenters. The van der Waals surface area contributed by atoms with E-state index in [0.717, 1.165) is 6.54 Å². The Labute approximate surface area is 77.0 Å². The van der Waals surface area contributed by atoms with Crippen LogP contribution < -0.4 is 10.6 Å². The number of thiophene rings is 1. The molecule has 66 valence electrons. The molecule has 2 nitrogen and oxygen atoms in total. The minimum Gasteiger partial charge on any atom is -0.375 e. The summed E-state index contributed by atoms with van der Waals surface area (Å²) < 4.78 is 0. The molecule has 2 heterocycles. The molecule has 0 aliphatic carbocycles. The van der Waals surface area contributed by atoms with Crippen LogP contribution >= 0.6 is 11.3 Å². The van der Waals surface area contributed by atoms with Crippen LogP contribution in [0, 0.1) is 0 Å². The molecule has 0 saturated carbocycles. The van der Waals surface area contributed by atoms with Gasteiger partial charge in [0.2, 0.25) is 0 Å². The Morgan fingerprint density at radius 1 is 1.67 bits per heavy atom. The third-order valence-electron chi connectivity index (χ3n) is 2.21. The number of anilines is 1. The Morgan fingerprint density at radius 2 is 2.67 bits per heavy atom. The van der Waals surface area contributed by atoms with Crippen LogP contribution in [-0.4, -0.2) is 19.1 Å². The zero-order valence-corrected chi connectivity index (χ0v) is 7.86. The van der Waals surface area contributed by atoms with Crippen LogP contribution in [-0.2, 0) is 0 Å². The van der Waals surface area contributed by atoms with Gasteiger partial charge in [-0.2, -0.15) is 0 Å². The van der Waals surface area contributed by atoms with Gasteiger partial charge in [0.15, 0.2) is 0 Å². The van der Waals surface area contributed by atoms with E-state index < -0.39 is 0 Å². The fraction of sp³-hybridized carbons (Fsp3) is 0.556. The second-order valence-electron chi connectivity index (χ2n) is 3.15. The van der Waals surface area contributed by atoms with Crippen molar-refractivity contribution in [2.75, 3.05) is 18.4 Å². The topological polar surface area (TPSA) is 24.1 Å². The number of hydrogen-bond donors (Lipinski definition) is 2. The molecule has 1 aliphatic heterocycles. The molecule has 0 spiro atoms. The monoisotopic (exact) mass is 182 g/mol. The second kappa shape index (κ2) is 3.92. The summed E-state index contributed by atoms with van der Waals surface area (Å²) in [4.78, 5) is 0. The van der Waals surface area contributed by atoms with Gasteiger partial charge in [0.05, 0.1) is 5.00 Å². The van der Waals surface area contributed by atoms with E-state index in [1.807, 2.05) is 0 Å². The highest BCUT2D eigenvalue weighted by Crippen LogP contribution is 2.15. The van der Waals surface area contributed by atoms with Crippen LogP contribution in [0.25, 0.3) is 0 Å². The molecule has 3 heteroatoms. The van der Waals surface area contributed by atoms with E-state index in [9.17, 15) is 0 Å². The fourth-order valence-corrected chi connectivity index (χ4v) is 2.16. The van der Waals surface area contributed by atoms with Crippen molar-refractivity contribution >= 4 is 16.3 Å². The average molecular weight is 182 g/mol. The maximum atomic E-state index is 3.46. The molecule has 0 radical (unpaired) electrons. The molecule has 0 aromatic carbocycles. The van der Waals surface area contributed by atoms with E-state index in [1.165, 1.54) is 24.4 Å². The Balaban J connectivity index is 1.74. The molecule has 0 bridgehead atoms. The van der Waals surface area contributed by atoms with Gasteiger partial charge in [-0.05, 0) is 36.9 Å². The predicted octanol–water partition coefficient (Wildman–Crippen LogP) is 1.91. The van der Waals surface area contributed by atoms with Crippen molar-refractivity contribution < 1.29 is 0 Å². The van der Waals surface area contributed by atoms with Crippen LogP contribution in [0.4, 0.5) is 5.00 Å². The van der Waals surface area contributed by atoms with E-state index in [1.54, 1.807) is 11.3 Å². The predicted molar refractivity (Wildman–Crippen MR) is 53.8 cm³/mol. The SMILES string of the molecule is c1csc(NCC2CCCN2)c1. The van der Waals surface area contributed by atoms with E-state index in [2.05, 4.69) is 28.1 Å². The summed E-state index contributed by atoms with van der Waals surface area (Å²) in [5.41, 5.74) is 0. The molecular formula is C9H14N2S. The number of rotatable bonds is 3. The van der Waals surface area contributed by atoms with Gasteiger partial charge in [-0.25, -0.2) is 0 Å². The standard InChI is InChI=1S/C9H14N2S/c1-3-8(10-5-1)7-11-9-4-2-6-12-9/h2,4,6,8,10-11H,1,3,5,7H2. The van der Waals surface area contributed by atoms with Crippen molar-refractivity contribution in [3.05, 3.63) is 17.5 Å². The summed E-state index contributed by atoms with van der Waals surface area (Å²) in [6.45, 7) is 2.26. The van der Waals surface area contributed by atoms with Gasteiger partial charge in [-0.15, -0.1) is 11.3 Å². The summed E-state index contributed by atoms with van der Waals surface area (Å²) in [6.07, 6.45) is 2.65. The van der Waals surface area contributed by atoms with Gasteiger partial charge in [0, 0.05) is 12.6 Å². The van der Waals surface area contributed by atoms with E-state index in [4.69, 9.17) is 0 Å². The van der Waals surface area contributed by atoms with Crippen LogP contribution in [0.2, 0.25) is 0 Å². The second-order valence-corrected chi connectivity index (χ2v) is 4.10. The molecule has 2 rings (SSSR count). The molecular weight excluding hydrogens is 168 g/mol. The zero-order chi connectivity index (χ0) is 8.23. The van der Waals surface area contributed by atoms with Crippen LogP contribution in [0.1, 0.15) is 12.8 Å². The molecule has 1 aromatic heterocycles. The summed E-state index contributed by atoms with van der Waals surface area (Å²) >= 11 is 1.77. The lowest BCUT2D eigenvalue weighted by atomic mass is 10.2. The normalized spacial score (nSPS) is 22.8. The number of nitrogens with one attached hydrogen (secondary N) is 2. The molecule has 1 saturated heterocycles. The zero-order valence-electron chi connectivity index (χ0n) is 7.05. The Hall–Kier alpha value is -0.540. The number of hydrogen-bond acceptors (Lipinski definition) is 3. The van der Waals surface area contributed by atoms with Gasteiger partial charge in [-0.3, -0.25) is 0 Å². The lowest BCUT2D eigenvalue weighted by molar-refractivity contribution is 0.634. The summed E-state index contributed by atoms with van der Waals surface area (Å²) in [6, 6.07) is 4.89. The third-order valence-corrected chi connectivity index (χ3v) is 3.03. The van der Waals surface area contributed by atoms with Crippen molar-refractivity contribution in [3.63, 3.8) is 0 Å². The molecule has 1 aliphatic rings. The molecule has 1 aromatic rings.